The van der Waals surface area contributed by atoms with Gasteiger partial charge in [-0.1, -0.05) is 11.6 Å². The van der Waals surface area contributed by atoms with Crippen LogP contribution in [0.2, 0.25) is 4.34 Å². The first-order valence-electron chi connectivity index (χ1n) is 5.53. The molecule has 1 rings (SSSR count). The summed E-state index contributed by atoms with van der Waals surface area (Å²) in [6.45, 7) is 6.19. The largest absolute Gasteiger partial charge is 0.379 e. The lowest BCUT2D eigenvalue weighted by Crippen LogP contribution is -2.29. The average Bonchev–Trinajstić information content (AvgIpc) is 2.64. The SMILES string of the molecule is COC(C)(C)CCNCCc1ccc(Cl)s1. The Bertz CT molecular complexity index is 312. The van der Waals surface area contributed by atoms with Crippen molar-refractivity contribution >= 4 is 22.9 Å². The number of hydrogen-bond acceptors (Lipinski definition) is 3. The highest BCUT2D eigenvalue weighted by molar-refractivity contribution is 7.16. The molecular weight excluding hydrogens is 242 g/mol. The Hall–Kier alpha value is -0.0900. The molecule has 0 saturated heterocycles. The molecule has 0 aliphatic rings. The number of nitrogens with one attached hydrogen (secondary N) is 1. The third kappa shape index (κ3) is 5.30. The van der Waals surface area contributed by atoms with Crippen molar-refractivity contribution in [1.29, 1.82) is 0 Å². The number of methoxy groups -OCH3 is 1. The predicted molar refractivity (Wildman–Crippen MR) is 71.6 cm³/mol. The summed E-state index contributed by atoms with van der Waals surface area (Å²) in [6, 6.07) is 4.05. The van der Waals surface area contributed by atoms with Crippen LogP contribution in [0.1, 0.15) is 25.1 Å². The number of ether oxygens (including phenoxy) is 1. The fourth-order valence-corrected chi connectivity index (χ4v) is 2.40. The molecule has 0 saturated carbocycles. The van der Waals surface area contributed by atoms with Gasteiger partial charge in [-0.25, -0.2) is 0 Å². The Morgan fingerprint density at radius 3 is 2.69 bits per heavy atom. The van der Waals surface area contributed by atoms with Gasteiger partial charge >= 0.3 is 0 Å². The summed E-state index contributed by atoms with van der Waals surface area (Å²) in [6.07, 6.45) is 2.07. The van der Waals surface area contributed by atoms with Crippen molar-refractivity contribution in [2.75, 3.05) is 20.2 Å². The highest BCUT2D eigenvalue weighted by Crippen LogP contribution is 2.21. The van der Waals surface area contributed by atoms with Crippen molar-refractivity contribution in [3.63, 3.8) is 0 Å². The summed E-state index contributed by atoms with van der Waals surface area (Å²) < 4.78 is 6.22. The van der Waals surface area contributed by atoms with Gasteiger partial charge in [0.1, 0.15) is 0 Å². The van der Waals surface area contributed by atoms with Crippen molar-refractivity contribution in [2.24, 2.45) is 0 Å². The number of rotatable bonds is 7. The highest BCUT2D eigenvalue weighted by atomic mass is 35.5. The van der Waals surface area contributed by atoms with E-state index in [2.05, 4.69) is 25.2 Å². The molecule has 1 N–H and O–H groups in total. The summed E-state index contributed by atoms with van der Waals surface area (Å²) in [5.74, 6) is 0. The zero-order valence-electron chi connectivity index (χ0n) is 10.2. The lowest BCUT2D eigenvalue weighted by molar-refractivity contribution is 0.0159. The van der Waals surface area contributed by atoms with Crippen molar-refractivity contribution in [1.82, 2.24) is 5.32 Å². The number of thiophene rings is 1. The molecule has 92 valence electrons. The van der Waals surface area contributed by atoms with E-state index < -0.39 is 0 Å². The van der Waals surface area contributed by atoms with Crippen LogP contribution in [0, 0.1) is 0 Å². The van der Waals surface area contributed by atoms with E-state index in [0.717, 1.165) is 30.3 Å². The van der Waals surface area contributed by atoms with Crippen LogP contribution in [0.15, 0.2) is 12.1 Å². The second-order valence-corrected chi connectivity index (χ2v) is 6.22. The van der Waals surface area contributed by atoms with Gasteiger partial charge in [-0.2, -0.15) is 0 Å². The second-order valence-electron chi connectivity index (χ2n) is 4.42. The lowest BCUT2D eigenvalue weighted by atomic mass is 10.1. The summed E-state index contributed by atoms with van der Waals surface area (Å²) >= 11 is 7.52. The normalized spacial score (nSPS) is 12.0. The molecule has 0 amide bonds. The first-order chi connectivity index (χ1) is 7.53. The lowest BCUT2D eigenvalue weighted by Gasteiger charge is -2.22. The van der Waals surface area contributed by atoms with E-state index in [-0.39, 0.29) is 5.60 Å². The summed E-state index contributed by atoms with van der Waals surface area (Å²) in [5, 5.41) is 3.42. The van der Waals surface area contributed by atoms with Crippen molar-refractivity contribution < 1.29 is 4.74 Å². The summed E-state index contributed by atoms with van der Waals surface area (Å²) in [7, 11) is 1.76. The highest BCUT2D eigenvalue weighted by Gasteiger charge is 2.14. The van der Waals surface area contributed by atoms with Crippen LogP contribution in [0.25, 0.3) is 0 Å². The fraction of sp³-hybridized carbons (Fsp3) is 0.667. The first kappa shape index (κ1) is 14.0. The fourth-order valence-electron chi connectivity index (χ4n) is 1.31. The van der Waals surface area contributed by atoms with E-state index >= 15 is 0 Å². The Morgan fingerprint density at radius 1 is 1.38 bits per heavy atom. The van der Waals surface area contributed by atoms with Crippen LogP contribution in [0.5, 0.6) is 0 Å². The molecule has 1 aromatic heterocycles. The first-order valence-corrected chi connectivity index (χ1v) is 6.73. The molecule has 16 heavy (non-hydrogen) atoms. The molecule has 4 heteroatoms. The van der Waals surface area contributed by atoms with Gasteiger partial charge in [0.25, 0.3) is 0 Å². The molecule has 0 aliphatic heterocycles. The van der Waals surface area contributed by atoms with Gasteiger partial charge < -0.3 is 10.1 Å². The quantitative estimate of drug-likeness (QED) is 0.760. The maximum atomic E-state index is 5.86. The predicted octanol–water partition coefficient (Wildman–Crippen LogP) is 3.35. The van der Waals surface area contributed by atoms with Crippen molar-refractivity contribution in [3.8, 4) is 0 Å². The topological polar surface area (TPSA) is 21.3 Å². The summed E-state index contributed by atoms with van der Waals surface area (Å²) in [5.41, 5.74) is -0.0285. The van der Waals surface area contributed by atoms with Gasteiger partial charge in [-0.15, -0.1) is 11.3 Å². The van der Waals surface area contributed by atoms with Crippen molar-refractivity contribution in [2.45, 2.75) is 32.3 Å². The molecule has 0 radical (unpaired) electrons. The van der Waals surface area contributed by atoms with E-state index in [9.17, 15) is 0 Å². The molecule has 1 aromatic rings. The van der Waals surface area contributed by atoms with Gasteiger partial charge in [0.2, 0.25) is 0 Å². The van der Waals surface area contributed by atoms with Gasteiger partial charge in [-0.05, 0) is 51.9 Å². The monoisotopic (exact) mass is 261 g/mol. The van der Waals surface area contributed by atoms with E-state index in [1.165, 1.54) is 4.88 Å². The van der Waals surface area contributed by atoms with Gasteiger partial charge in [0.15, 0.2) is 0 Å². The molecule has 0 aliphatic carbocycles. The molecule has 0 fully saturated rings. The van der Waals surface area contributed by atoms with Crippen LogP contribution < -0.4 is 5.32 Å². The molecule has 0 bridgehead atoms. The Balaban J connectivity index is 2.08. The Kier molecular flexibility index (Phi) is 5.76. The van der Waals surface area contributed by atoms with Gasteiger partial charge in [0.05, 0.1) is 9.94 Å². The maximum Gasteiger partial charge on any atom is 0.0931 e. The van der Waals surface area contributed by atoms with E-state index in [1.807, 2.05) is 6.07 Å². The minimum absolute atomic E-state index is 0.0285. The third-order valence-corrected chi connectivity index (χ3v) is 3.92. The minimum Gasteiger partial charge on any atom is -0.379 e. The van der Waals surface area contributed by atoms with Crippen LogP contribution in [-0.2, 0) is 11.2 Å². The molecular formula is C12H20ClNOS. The maximum absolute atomic E-state index is 5.86. The average molecular weight is 262 g/mol. The molecule has 2 nitrogen and oxygen atoms in total. The van der Waals surface area contributed by atoms with Gasteiger partial charge in [-0.3, -0.25) is 0 Å². The van der Waals surface area contributed by atoms with Crippen LogP contribution in [0.3, 0.4) is 0 Å². The number of hydrogen-bond donors (Lipinski definition) is 1. The zero-order valence-corrected chi connectivity index (χ0v) is 11.8. The minimum atomic E-state index is -0.0285. The van der Waals surface area contributed by atoms with Crippen LogP contribution >= 0.6 is 22.9 Å². The van der Waals surface area contributed by atoms with Gasteiger partial charge in [0, 0.05) is 12.0 Å². The molecule has 1 heterocycles. The molecule has 0 unspecified atom stereocenters. The Morgan fingerprint density at radius 2 is 2.12 bits per heavy atom. The van der Waals surface area contributed by atoms with E-state index in [1.54, 1.807) is 18.4 Å². The van der Waals surface area contributed by atoms with E-state index in [4.69, 9.17) is 16.3 Å². The third-order valence-electron chi connectivity index (χ3n) is 2.63. The van der Waals surface area contributed by atoms with Crippen LogP contribution in [-0.4, -0.2) is 25.8 Å². The van der Waals surface area contributed by atoms with Crippen molar-refractivity contribution in [3.05, 3.63) is 21.3 Å². The molecule has 0 atom stereocenters. The van der Waals surface area contributed by atoms with E-state index in [0.29, 0.717) is 0 Å². The zero-order chi connectivity index (χ0) is 12.0. The van der Waals surface area contributed by atoms with Crippen LogP contribution in [0.4, 0.5) is 0 Å². The number of halogens is 1. The smallest absolute Gasteiger partial charge is 0.0931 e. The Labute approximate surface area is 107 Å². The second kappa shape index (κ2) is 6.60. The molecule has 0 aromatic carbocycles. The standard InChI is InChI=1S/C12H20ClNOS/c1-12(2,15-3)7-9-14-8-6-10-4-5-11(13)16-10/h4-5,14H,6-9H2,1-3H3. The molecule has 0 spiro atoms. The summed E-state index contributed by atoms with van der Waals surface area (Å²) in [4.78, 5) is 1.34.